The molecule has 5 heteroatoms. The van der Waals surface area contributed by atoms with Gasteiger partial charge in [-0.3, -0.25) is 4.79 Å². The van der Waals surface area contributed by atoms with Crippen LogP contribution in [0.25, 0.3) is 0 Å². The fourth-order valence-electron chi connectivity index (χ4n) is 0.323. The summed E-state index contributed by atoms with van der Waals surface area (Å²) >= 11 is 11.8. The predicted molar refractivity (Wildman–Crippen MR) is 36.9 cm³/mol. The number of hydrogen-bond donors (Lipinski definition) is 0. The molecule has 0 spiro atoms. The van der Waals surface area contributed by atoms with Crippen LogP contribution in [-0.4, -0.2) is 10.7 Å². The van der Waals surface area contributed by atoms with E-state index in [1.807, 2.05) is 0 Å². The molecule has 0 aliphatic carbocycles. The largest absolute Gasteiger partial charge is 0.284 e. The lowest BCUT2D eigenvalue weighted by Gasteiger charge is -1.76. The van der Waals surface area contributed by atoms with Crippen LogP contribution in [-0.2, 0) is 4.79 Å². The molecule has 0 amide bonds. The van der Waals surface area contributed by atoms with Crippen molar-refractivity contribution in [2.45, 2.75) is 0 Å². The Morgan fingerprint density at radius 3 is 2.44 bits per heavy atom. The first kappa shape index (κ1) is 6.99. The number of nitrogens with zero attached hydrogens (tertiary/aromatic N) is 1. The molecule has 0 N–H and O–H groups in total. The van der Waals surface area contributed by atoms with Gasteiger partial charge in [-0.05, 0) is 11.5 Å². The topological polar surface area (TPSA) is 30.0 Å². The van der Waals surface area contributed by atoms with Gasteiger partial charge in [0, 0.05) is 0 Å². The number of rotatable bonds is 1. The highest BCUT2D eigenvalue weighted by Crippen LogP contribution is 2.26. The maximum Gasteiger partial charge on any atom is 0.247 e. The molecule has 1 radical (unpaired) electrons. The van der Waals surface area contributed by atoms with E-state index < -0.39 is 0 Å². The average molecular weight is 181 g/mol. The van der Waals surface area contributed by atoms with E-state index in [1.54, 1.807) is 6.29 Å². The summed E-state index contributed by atoms with van der Waals surface area (Å²) in [7, 11) is 0. The van der Waals surface area contributed by atoms with Crippen LogP contribution < -0.4 is 0 Å². The van der Waals surface area contributed by atoms with E-state index in [1.165, 1.54) is 0 Å². The van der Waals surface area contributed by atoms with Crippen LogP contribution in [0.3, 0.4) is 0 Å². The second-order valence-electron chi connectivity index (χ2n) is 1.22. The maximum absolute atomic E-state index is 9.94. The first-order valence-corrected chi connectivity index (χ1v) is 3.47. The first-order chi connectivity index (χ1) is 4.25. The zero-order valence-electron chi connectivity index (χ0n) is 4.02. The molecule has 0 unspecified atom stereocenters. The molecule has 2 nitrogen and oxygen atoms in total. The molecule has 0 saturated heterocycles. The van der Waals surface area contributed by atoms with Gasteiger partial charge < -0.3 is 0 Å². The second kappa shape index (κ2) is 2.64. The summed E-state index contributed by atoms with van der Waals surface area (Å²) in [5, 5.41) is 0.358. The highest BCUT2D eigenvalue weighted by Gasteiger charge is 2.07. The normalized spacial score (nSPS) is 9.56. The van der Waals surface area contributed by atoms with Gasteiger partial charge in [0.2, 0.25) is 6.29 Å². The van der Waals surface area contributed by atoms with Crippen molar-refractivity contribution >= 4 is 41.0 Å². The zero-order chi connectivity index (χ0) is 6.85. The summed E-state index contributed by atoms with van der Waals surface area (Å²) in [6.45, 7) is 0. The highest BCUT2D eigenvalue weighted by atomic mass is 35.5. The van der Waals surface area contributed by atoms with Gasteiger partial charge in [-0.1, -0.05) is 23.2 Å². The van der Waals surface area contributed by atoms with Crippen molar-refractivity contribution in [2.24, 2.45) is 0 Å². The molecule has 0 bridgehead atoms. The molecule has 1 aromatic heterocycles. The second-order valence-corrected chi connectivity index (χ2v) is 2.73. The van der Waals surface area contributed by atoms with Crippen molar-refractivity contribution in [1.82, 2.24) is 4.37 Å². The van der Waals surface area contributed by atoms with Gasteiger partial charge in [-0.15, -0.1) is 0 Å². The van der Waals surface area contributed by atoms with Crippen LogP contribution in [0.1, 0.15) is 4.88 Å². The van der Waals surface area contributed by atoms with Crippen molar-refractivity contribution in [3.05, 3.63) is 15.1 Å². The monoisotopic (exact) mass is 180 g/mol. The van der Waals surface area contributed by atoms with Crippen LogP contribution in [0.15, 0.2) is 0 Å². The molecule has 1 rings (SSSR count). The minimum Gasteiger partial charge on any atom is -0.284 e. The van der Waals surface area contributed by atoms with Crippen molar-refractivity contribution in [3.8, 4) is 0 Å². The van der Waals surface area contributed by atoms with E-state index in [9.17, 15) is 4.79 Å². The Morgan fingerprint density at radius 2 is 2.22 bits per heavy atom. The lowest BCUT2D eigenvalue weighted by Crippen LogP contribution is -1.69. The van der Waals surface area contributed by atoms with Gasteiger partial charge in [0.25, 0.3) is 0 Å². The van der Waals surface area contributed by atoms with Crippen LogP contribution in [0, 0.1) is 0 Å². The smallest absolute Gasteiger partial charge is 0.247 e. The minimum absolute atomic E-state index is 0.167. The molecule has 9 heavy (non-hydrogen) atoms. The molecular formula is C4Cl2NOS. The van der Waals surface area contributed by atoms with Gasteiger partial charge >= 0.3 is 0 Å². The Morgan fingerprint density at radius 1 is 1.56 bits per heavy atom. The molecule has 0 aliphatic heterocycles. The quantitative estimate of drug-likeness (QED) is 0.662. The van der Waals surface area contributed by atoms with E-state index in [4.69, 9.17) is 23.2 Å². The standard InChI is InChI=1S/C4Cl2NOS/c5-3-2(1-8)9-7-4(3)6. The lowest BCUT2D eigenvalue weighted by atomic mass is 10.5. The molecule has 0 aliphatic rings. The Kier molecular flexibility index (Phi) is 2.05. The molecule has 0 fully saturated rings. The number of halogens is 2. The van der Waals surface area contributed by atoms with Crippen LogP contribution >= 0.6 is 34.7 Å². The predicted octanol–water partition coefficient (Wildman–Crippen LogP) is 1.91. The summed E-state index contributed by atoms with van der Waals surface area (Å²) in [5.41, 5.74) is 0. The van der Waals surface area contributed by atoms with Crippen LogP contribution in [0.4, 0.5) is 0 Å². The van der Waals surface area contributed by atoms with Crippen LogP contribution in [0.2, 0.25) is 10.2 Å². The summed E-state index contributed by atoms with van der Waals surface area (Å²) < 4.78 is 3.60. The van der Waals surface area contributed by atoms with Gasteiger partial charge in [0.05, 0.1) is 0 Å². The summed E-state index contributed by atoms with van der Waals surface area (Å²) in [5.74, 6) is 0. The van der Waals surface area contributed by atoms with Gasteiger partial charge in [-0.2, -0.15) is 4.37 Å². The van der Waals surface area contributed by atoms with E-state index in [-0.39, 0.29) is 15.1 Å². The van der Waals surface area contributed by atoms with E-state index in [0.29, 0.717) is 0 Å². The third-order valence-corrected chi connectivity index (χ3v) is 2.38. The molecule has 1 heterocycles. The molecule has 0 aromatic carbocycles. The fourth-order valence-corrected chi connectivity index (χ4v) is 1.29. The lowest BCUT2D eigenvalue weighted by molar-refractivity contribution is 0.563. The van der Waals surface area contributed by atoms with Crippen molar-refractivity contribution in [1.29, 1.82) is 0 Å². The number of hydrogen-bond acceptors (Lipinski definition) is 3. The van der Waals surface area contributed by atoms with Crippen molar-refractivity contribution in [2.75, 3.05) is 0 Å². The van der Waals surface area contributed by atoms with E-state index in [0.717, 1.165) is 11.5 Å². The minimum atomic E-state index is 0.167. The number of carbonyl (C=O) groups excluding carboxylic acids is 1. The zero-order valence-corrected chi connectivity index (χ0v) is 6.35. The van der Waals surface area contributed by atoms with E-state index >= 15 is 0 Å². The summed E-state index contributed by atoms with van der Waals surface area (Å²) in [4.78, 5) is 10.2. The fraction of sp³-hybridized carbons (Fsp3) is 0. The molecular weight excluding hydrogens is 181 g/mol. The Hall–Kier alpha value is -0.120. The van der Waals surface area contributed by atoms with Crippen molar-refractivity contribution < 1.29 is 4.79 Å². The highest BCUT2D eigenvalue weighted by molar-refractivity contribution is 7.08. The summed E-state index contributed by atoms with van der Waals surface area (Å²) in [6.07, 6.45) is 1.61. The maximum atomic E-state index is 9.94. The van der Waals surface area contributed by atoms with Gasteiger partial charge in [0.15, 0.2) is 5.15 Å². The van der Waals surface area contributed by atoms with Gasteiger partial charge in [0.1, 0.15) is 9.90 Å². The van der Waals surface area contributed by atoms with Gasteiger partial charge in [-0.25, -0.2) is 0 Å². The van der Waals surface area contributed by atoms with Crippen LogP contribution in [0.5, 0.6) is 0 Å². The summed E-state index contributed by atoms with van der Waals surface area (Å²) in [6, 6.07) is 0. The average Bonchev–Trinajstić information content (AvgIpc) is 2.15. The Bertz CT molecular complexity index is 234. The molecule has 47 valence electrons. The first-order valence-electron chi connectivity index (χ1n) is 1.94. The third kappa shape index (κ3) is 1.23. The SMILES string of the molecule is O=[C]c1snc(Cl)c1Cl. The third-order valence-electron chi connectivity index (χ3n) is 0.690. The number of aromatic nitrogens is 1. The molecule has 0 saturated carbocycles. The molecule has 0 atom stereocenters. The van der Waals surface area contributed by atoms with Crippen molar-refractivity contribution in [3.63, 3.8) is 0 Å². The Balaban J connectivity index is 3.18. The van der Waals surface area contributed by atoms with E-state index in [2.05, 4.69) is 4.37 Å². The molecule has 1 aromatic rings. The Labute approximate surface area is 65.6 Å².